The van der Waals surface area contributed by atoms with Gasteiger partial charge in [0.2, 0.25) is 0 Å². The molecule has 0 bridgehead atoms. The van der Waals surface area contributed by atoms with Crippen LogP contribution in [0.25, 0.3) is 11.1 Å². The van der Waals surface area contributed by atoms with Crippen molar-refractivity contribution in [3.63, 3.8) is 0 Å². The van der Waals surface area contributed by atoms with Crippen LogP contribution in [0.3, 0.4) is 0 Å². The Morgan fingerprint density at radius 2 is 1.75 bits per heavy atom. The van der Waals surface area contributed by atoms with E-state index in [-0.39, 0.29) is 24.5 Å². The molecule has 1 aliphatic heterocycles. The summed E-state index contributed by atoms with van der Waals surface area (Å²) in [4.78, 5) is 26.5. The van der Waals surface area contributed by atoms with Gasteiger partial charge in [-0.15, -0.1) is 0 Å². The van der Waals surface area contributed by atoms with E-state index in [1.54, 1.807) is 11.8 Å². The third kappa shape index (κ3) is 3.13. The summed E-state index contributed by atoms with van der Waals surface area (Å²) >= 11 is 0. The predicted molar refractivity (Wildman–Crippen MR) is 120 cm³/mol. The van der Waals surface area contributed by atoms with E-state index in [1.807, 2.05) is 24.3 Å². The topological polar surface area (TPSA) is 76.1 Å². The number of carboxylic acid groups (broad SMARTS) is 1. The molecule has 7 heteroatoms. The first kappa shape index (κ1) is 21.1. The first-order valence-corrected chi connectivity index (χ1v) is 11.1. The molecule has 164 valence electrons. The zero-order valence-electron chi connectivity index (χ0n) is 18.2. The van der Waals surface area contributed by atoms with Crippen molar-refractivity contribution in [2.45, 2.75) is 43.3 Å². The average molecular weight is 431 g/mol. The third-order valence-corrected chi connectivity index (χ3v) is 7.38. The van der Waals surface area contributed by atoms with Gasteiger partial charge in [-0.2, -0.15) is 0 Å². The number of aliphatic carboxylic acids is 1. The molecule has 5 atom stereocenters. The second-order valence-electron chi connectivity index (χ2n) is 9.22. The molecule has 5 rings (SSSR count). The Kier molecular flexibility index (Phi) is 5.04. The number of fused-ring (bicyclic) bond motifs is 4. The summed E-state index contributed by atoms with van der Waals surface area (Å²) in [6, 6.07) is 16.3. The Labute approximate surface area is 188 Å². The maximum Gasteiger partial charge on any atom is 0.409 e. The summed E-state index contributed by atoms with van der Waals surface area (Å²) in [5.41, 5.74) is 3.40. The van der Waals surface area contributed by atoms with Crippen LogP contribution in [-0.2, 0) is 14.3 Å². The predicted octanol–water partition coefficient (Wildman–Crippen LogP) is 3.63. The van der Waals surface area contributed by atoms with Crippen LogP contribution < -0.4 is 0 Å². The number of piperidine rings is 1. The molecule has 2 aliphatic carbocycles. The fourth-order valence-electron chi connectivity index (χ4n) is 5.79. The van der Waals surface area contributed by atoms with Crippen LogP contribution in [0.2, 0.25) is 0 Å². The van der Waals surface area contributed by atoms with Gasteiger partial charge in [-0.05, 0) is 47.9 Å². The highest BCUT2D eigenvalue weighted by Crippen LogP contribution is 2.54. The summed E-state index contributed by atoms with van der Waals surface area (Å²) < 4.78 is 11.4. The molecule has 2 aromatic carbocycles. The molecule has 2 aromatic rings. The van der Waals surface area contributed by atoms with Gasteiger partial charge < -0.3 is 19.5 Å². The van der Waals surface area contributed by atoms with Crippen LogP contribution in [0.15, 0.2) is 48.5 Å². The minimum atomic E-state index is -1.21. The Morgan fingerprint density at radius 1 is 1.16 bits per heavy atom. The summed E-state index contributed by atoms with van der Waals surface area (Å²) in [6.45, 7) is 1.76. The highest BCUT2D eigenvalue weighted by Gasteiger charge is 2.63. The fraction of sp³-hybridized carbons (Fsp3) is 0.440. The van der Waals surface area contributed by atoms with Gasteiger partial charge >= 0.3 is 12.1 Å². The standard InChI is InChI=1S/C25H26BNO5/c1-14(23(28)29)22(31-2)25(26)12-15-11-21(15)27(25)24(30)32-13-20-18-9-5-3-7-16(18)17-8-4-6-10-19(17)20/h3-10,14-15,20-22H,11-13H2,1-2H3,(H,28,29)/t14-,15+,21+,22-,25+/m1/s1. The molecule has 3 aliphatic rings. The van der Waals surface area contributed by atoms with Crippen molar-refractivity contribution in [3.8, 4) is 11.1 Å². The zero-order valence-corrected chi connectivity index (χ0v) is 18.2. The number of methoxy groups -OCH3 is 1. The van der Waals surface area contributed by atoms with Crippen molar-refractivity contribution in [1.82, 2.24) is 4.90 Å². The molecule has 0 aromatic heterocycles. The molecule has 1 saturated heterocycles. The number of amides is 1. The van der Waals surface area contributed by atoms with E-state index in [0.717, 1.165) is 28.7 Å². The molecule has 1 heterocycles. The van der Waals surface area contributed by atoms with Gasteiger partial charge in [0.05, 0.1) is 12.0 Å². The lowest BCUT2D eigenvalue weighted by molar-refractivity contribution is -0.149. The molecule has 2 radical (unpaired) electrons. The lowest BCUT2D eigenvalue weighted by Gasteiger charge is -2.44. The molecule has 6 nitrogen and oxygen atoms in total. The van der Waals surface area contributed by atoms with Crippen LogP contribution in [0.4, 0.5) is 4.79 Å². The number of likely N-dealkylation sites (tertiary alicyclic amines) is 1. The minimum Gasteiger partial charge on any atom is -0.481 e. The minimum absolute atomic E-state index is 0.0192. The largest absolute Gasteiger partial charge is 0.481 e. The number of hydrogen-bond donors (Lipinski definition) is 1. The van der Waals surface area contributed by atoms with E-state index < -0.39 is 29.5 Å². The molecule has 1 N–H and O–H groups in total. The van der Waals surface area contributed by atoms with Crippen LogP contribution in [0.1, 0.15) is 36.8 Å². The number of benzene rings is 2. The second-order valence-corrected chi connectivity index (χ2v) is 9.22. The molecule has 1 amide bonds. The van der Waals surface area contributed by atoms with Crippen molar-refractivity contribution in [3.05, 3.63) is 59.7 Å². The number of rotatable bonds is 6. The van der Waals surface area contributed by atoms with E-state index in [2.05, 4.69) is 24.3 Å². The Balaban J connectivity index is 1.38. The van der Waals surface area contributed by atoms with Gasteiger partial charge in [-0.25, -0.2) is 4.79 Å². The molecule has 1 saturated carbocycles. The average Bonchev–Trinajstić information content (AvgIpc) is 3.33. The van der Waals surface area contributed by atoms with E-state index in [9.17, 15) is 14.7 Å². The summed E-state index contributed by atoms with van der Waals surface area (Å²) in [5.74, 6) is -1.65. The summed E-state index contributed by atoms with van der Waals surface area (Å²) in [5, 5.41) is 9.52. The first-order chi connectivity index (χ1) is 15.4. The number of carbonyl (C=O) groups is 2. The smallest absolute Gasteiger partial charge is 0.409 e. The van der Waals surface area contributed by atoms with Crippen molar-refractivity contribution in [2.24, 2.45) is 11.8 Å². The third-order valence-electron chi connectivity index (χ3n) is 7.38. The lowest BCUT2D eigenvalue weighted by Crippen LogP contribution is -2.61. The lowest BCUT2D eigenvalue weighted by atomic mass is 9.66. The SMILES string of the molecule is [B][C@@]1([C@H](OC)[C@@H](C)C(=O)O)C[C@@H]2C[C@@H]2N1C(=O)OCC1c2ccccc2-c2ccccc21. The van der Waals surface area contributed by atoms with E-state index in [0.29, 0.717) is 6.42 Å². The van der Waals surface area contributed by atoms with Crippen molar-refractivity contribution < 1.29 is 24.2 Å². The highest BCUT2D eigenvalue weighted by atomic mass is 16.6. The van der Waals surface area contributed by atoms with Crippen molar-refractivity contribution >= 4 is 19.9 Å². The Hall–Kier alpha value is -2.80. The highest BCUT2D eigenvalue weighted by molar-refractivity contribution is 6.17. The van der Waals surface area contributed by atoms with Crippen molar-refractivity contribution in [1.29, 1.82) is 0 Å². The van der Waals surface area contributed by atoms with Crippen LogP contribution in [-0.4, -0.2) is 61.2 Å². The van der Waals surface area contributed by atoms with Gasteiger partial charge in [-0.1, -0.05) is 48.5 Å². The van der Waals surface area contributed by atoms with Crippen LogP contribution in [0.5, 0.6) is 0 Å². The molecule has 0 spiro atoms. The van der Waals surface area contributed by atoms with Crippen LogP contribution >= 0.6 is 0 Å². The van der Waals surface area contributed by atoms with E-state index >= 15 is 0 Å². The Bertz CT molecular complexity index is 1030. The first-order valence-electron chi connectivity index (χ1n) is 11.1. The maximum absolute atomic E-state index is 13.3. The molecule has 32 heavy (non-hydrogen) atoms. The van der Waals surface area contributed by atoms with E-state index in [4.69, 9.17) is 17.3 Å². The van der Waals surface area contributed by atoms with Crippen molar-refractivity contribution in [2.75, 3.05) is 13.7 Å². The normalized spacial score (nSPS) is 27.2. The fourth-order valence-corrected chi connectivity index (χ4v) is 5.79. The van der Waals surface area contributed by atoms with Crippen LogP contribution in [0, 0.1) is 11.8 Å². The Morgan fingerprint density at radius 3 is 2.31 bits per heavy atom. The van der Waals surface area contributed by atoms with Gasteiger partial charge in [0.15, 0.2) is 0 Å². The molecule has 2 fully saturated rings. The quantitative estimate of drug-likeness (QED) is 0.707. The number of ether oxygens (including phenoxy) is 2. The van der Waals surface area contributed by atoms with Gasteiger partial charge in [-0.3, -0.25) is 4.79 Å². The van der Waals surface area contributed by atoms with Gasteiger partial charge in [0, 0.05) is 24.5 Å². The van der Waals surface area contributed by atoms with E-state index in [1.165, 1.54) is 7.11 Å². The zero-order chi connectivity index (χ0) is 22.6. The number of nitrogens with zero attached hydrogens (tertiary/aromatic N) is 1. The number of carboxylic acids is 1. The maximum atomic E-state index is 13.3. The number of carbonyl (C=O) groups excluding carboxylic acids is 1. The summed E-state index contributed by atoms with van der Waals surface area (Å²) in [6.07, 6.45) is 0.0474. The molecule has 0 unspecified atom stereocenters. The van der Waals surface area contributed by atoms with Gasteiger partial charge in [0.25, 0.3) is 0 Å². The monoisotopic (exact) mass is 431 g/mol. The second kappa shape index (κ2) is 7.66. The molecular weight excluding hydrogens is 405 g/mol. The van der Waals surface area contributed by atoms with Gasteiger partial charge in [0.1, 0.15) is 14.5 Å². The molecular formula is C25H26BNO5. The number of hydrogen-bond acceptors (Lipinski definition) is 4. The summed E-state index contributed by atoms with van der Waals surface area (Å²) in [7, 11) is 8.14.